The Morgan fingerprint density at radius 3 is 2.82 bits per heavy atom. The van der Waals surface area contributed by atoms with Crippen molar-refractivity contribution in [2.45, 2.75) is 43.9 Å². The lowest BCUT2D eigenvalue weighted by Crippen LogP contribution is -2.49. The smallest absolute Gasteiger partial charge is 0.135 e. The summed E-state index contributed by atoms with van der Waals surface area (Å²) < 4.78 is 24.9. The van der Waals surface area contributed by atoms with Crippen LogP contribution in [-0.2, 0) is 4.74 Å². The highest BCUT2D eigenvalue weighted by Gasteiger charge is 2.62. The molecule has 2 saturated heterocycles. The van der Waals surface area contributed by atoms with Crippen LogP contribution < -0.4 is 10.5 Å². The van der Waals surface area contributed by atoms with E-state index in [-0.39, 0.29) is 11.6 Å². The maximum absolute atomic E-state index is 12.9. The second kappa shape index (κ2) is 5.49. The van der Waals surface area contributed by atoms with Crippen LogP contribution in [0.25, 0.3) is 0 Å². The van der Waals surface area contributed by atoms with Crippen molar-refractivity contribution < 1.29 is 13.9 Å². The van der Waals surface area contributed by atoms with Crippen LogP contribution in [0.5, 0.6) is 5.75 Å². The van der Waals surface area contributed by atoms with E-state index < -0.39 is 12.3 Å². The largest absolute Gasteiger partial charge is 0.490 e. The van der Waals surface area contributed by atoms with Crippen molar-refractivity contribution in [3.63, 3.8) is 0 Å². The predicted octanol–water partition coefficient (Wildman–Crippen LogP) is 3.51. The summed E-state index contributed by atoms with van der Waals surface area (Å²) in [4.78, 5) is 4.62. The molecule has 0 amide bonds. The SMILES string of the molecule is CC(C)Oc1cc(N)c(C=NC23COC(CF)(C2)C3)cc1Br. The van der Waals surface area contributed by atoms with E-state index in [1.54, 1.807) is 12.3 Å². The number of hydrogen-bond acceptors (Lipinski definition) is 4. The number of nitrogen functional groups attached to an aromatic ring is 1. The van der Waals surface area contributed by atoms with Gasteiger partial charge in [0.15, 0.2) is 0 Å². The Kier molecular flexibility index (Phi) is 3.93. The number of hydrogen-bond donors (Lipinski definition) is 1. The Labute approximate surface area is 138 Å². The number of fused-ring (bicyclic) bond motifs is 1. The molecule has 0 unspecified atom stereocenters. The van der Waals surface area contributed by atoms with Crippen LogP contribution in [0.2, 0.25) is 0 Å². The molecule has 4 rings (SSSR count). The van der Waals surface area contributed by atoms with E-state index >= 15 is 0 Å². The van der Waals surface area contributed by atoms with Gasteiger partial charge in [-0.05, 0) is 35.8 Å². The molecule has 1 aromatic carbocycles. The number of nitrogens with two attached hydrogens (primary N) is 1. The molecular weight excluding hydrogens is 351 g/mol. The van der Waals surface area contributed by atoms with E-state index in [0.717, 1.165) is 10.0 Å². The molecule has 1 aromatic rings. The molecule has 6 heteroatoms. The fourth-order valence-electron chi connectivity index (χ4n) is 3.15. The van der Waals surface area contributed by atoms with Gasteiger partial charge in [0.25, 0.3) is 0 Å². The minimum absolute atomic E-state index is 0.0774. The van der Waals surface area contributed by atoms with Gasteiger partial charge in [-0.2, -0.15) is 0 Å². The van der Waals surface area contributed by atoms with E-state index in [2.05, 4.69) is 20.9 Å². The molecule has 2 N–H and O–H groups in total. The summed E-state index contributed by atoms with van der Waals surface area (Å²) in [5.74, 6) is 0.715. The molecule has 0 atom stereocenters. The van der Waals surface area contributed by atoms with Gasteiger partial charge in [0, 0.05) is 36.4 Å². The van der Waals surface area contributed by atoms with Gasteiger partial charge < -0.3 is 15.2 Å². The highest BCUT2D eigenvalue weighted by molar-refractivity contribution is 9.10. The highest BCUT2D eigenvalue weighted by Crippen LogP contribution is 2.54. The van der Waals surface area contributed by atoms with Crippen molar-refractivity contribution in [1.29, 1.82) is 0 Å². The Morgan fingerprint density at radius 2 is 2.23 bits per heavy atom. The Hall–Kier alpha value is -1.14. The first kappa shape index (κ1) is 15.7. The summed E-state index contributed by atoms with van der Waals surface area (Å²) in [5, 5.41) is 0. The molecule has 0 radical (unpaired) electrons. The fraction of sp³-hybridized carbons (Fsp3) is 0.562. The van der Waals surface area contributed by atoms with Crippen LogP contribution in [0, 0.1) is 0 Å². The van der Waals surface area contributed by atoms with Crippen LogP contribution in [0.1, 0.15) is 32.3 Å². The van der Waals surface area contributed by atoms with Crippen molar-refractivity contribution in [3.8, 4) is 5.75 Å². The van der Waals surface area contributed by atoms with Gasteiger partial charge in [-0.15, -0.1) is 0 Å². The van der Waals surface area contributed by atoms with Crippen LogP contribution in [0.4, 0.5) is 10.1 Å². The maximum atomic E-state index is 12.9. The summed E-state index contributed by atoms with van der Waals surface area (Å²) in [6.45, 7) is 3.98. The van der Waals surface area contributed by atoms with Crippen LogP contribution in [0.15, 0.2) is 21.6 Å². The molecule has 1 saturated carbocycles. The van der Waals surface area contributed by atoms with Crippen molar-refractivity contribution >= 4 is 27.8 Å². The van der Waals surface area contributed by atoms with Gasteiger partial charge in [0.2, 0.25) is 0 Å². The number of halogens is 2. The molecule has 2 heterocycles. The van der Waals surface area contributed by atoms with Gasteiger partial charge in [0.05, 0.1) is 22.7 Å². The number of benzene rings is 1. The van der Waals surface area contributed by atoms with Gasteiger partial charge in [0.1, 0.15) is 18.0 Å². The number of alkyl halides is 1. The molecule has 3 aliphatic rings. The van der Waals surface area contributed by atoms with E-state index in [0.29, 0.717) is 30.9 Å². The Morgan fingerprint density at radius 1 is 1.50 bits per heavy atom. The molecule has 2 aliphatic heterocycles. The topological polar surface area (TPSA) is 56.8 Å². The van der Waals surface area contributed by atoms with E-state index in [4.69, 9.17) is 15.2 Å². The lowest BCUT2D eigenvalue weighted by Gasteiger charge is -2.40. The molecular formula is C16H20BrFN2O2. The summed E-state index contributed by atoms with van der Waals surface area (Å²) in [6, 6.07) is 3.69. The second-order valence-corrected chi connectivity index (χ2v) is 7.37. The Bertz CT molecular complexity index is 612. The molecule has 1 aliphatic carbocycles. The third-order valence-electron chi connectivity index (χ3n) is 4.17. The van der Waals surface area contributed by atoms with Crippen LogP contribution in [-0.4, -0.2) is 36.7 Å². The van der Waals surface area contributed by atoms with Gasteiger partial charge in [-0.25, -0.2) is 4.39 Å². The maximum Gasteiger partial charge on any atom is 0.135 e. The van der Waals surface area contributed by atoms with Crippen LogP contribution in [0.3, 0.4) is 0 Å². The van der Waals surface area contributed by atoms with Crippen molar-refractivity contribution in [2.24, 2.45) is 4.99 Å². The third kappa shape index (κ3) is 2.74. The monoisotopic (exact) mass is 370 g/mol. The number of ether oxygens (including phenoxy) is 2. The first-order chi connectivity index (χ1) is 10.4. The lowest BCUT2D eigenvalue weighted by atomic mass is 9.69. The quantitative estimate of drug-likeness (QED) is 0.637. The molecule has 120 valence electrons. The summed E-state index contributed by atoms with van der Waals surface area (Å²) in [6.07, 6.45) is 3.15. The summed E-state index contributed by atoms with van der Waals surface area (Å²) in [5.41, 5.74) is 6.67. The minimum Gasteiger partial charge on any atom is -0.490 e. The second-order valence-electron chi connectivity index (χ2n) is 6.52. The molecule has 22 heavy (non-hydrogen) atoms. The molecule has 2 bridgehead atoms. The number of aliphatic imine (C=N–C) groups is 1. The third-order valence-corrected chi connectivity index (χ3v) is 4.79. The number of anilines is 1. The van der Waals surface area contributed by atoms with Crippen molar-refractivity contribution in [2.75, 3.05) is 19.0 Å². The molecule has 0 aromatic heterocycles. The predicted molar refractivity (Wildman–Crippen MR) is 88.5 cm³/mol. The average molecular weight is 371 g/mol. The van der Waals surface area contributed by atoms with Crippen LogP contribution >= 0.6 is 15.9 Å². The lowest BCUT2D eigenvalue weighted by molar-refractivity contribution is -0.0217. The van der Waals surface area contributed by atoms with Crippen molar-refractivity contribution in [1.82, 2.24) is 0 Å². The zero-order valence-electron chi connectivity index (χ0n) is 12.7. The number of rotatable bonds is 5. The average Bonchev–Trinajstić information content (AvgIpc) is 2.96. The Balaban J connectivity index is 1.76. The molecule has 0 spiro atoms. The standard InChI is InChI=1S/C16H20BrFN2O2/c1-10(2)22-14-4-13(19)11(3-12(14)17)5-20-15-6-16(7-15,8-18)21-9-15/h3-5,10H,6-9,19H2,1-2H3. The van der Waals surface area contributed by atoms with Crippen molar-refractivity contribution in [3.05, 3.63) is 22.2 Å². The fourth-order valence-corrected chi connectivity index (χ4v) is 3.60. The normalized spacial score (nSPS) is 30.0. The zero-order valence-corrected chi connectivity index (χ0v) is 14.3. The van der Waals surface area contributed by atoms with E-state index in [1.165, 1.54) is 0 Å². The summed E-state index contributed by atoms with van der Waals surface area (Å²) in [7, 11) is 0. The highest BCUT2D eigenvalue weighted by atomic mass is 79.9. The van der Waals surface area contributed by atoms with Gasteiger partial charge in [-0.1, -0.05) is 0 Å². The summed E-state index contributed by atoms with van der Waals surface area (Å²) >= 11 is 3.49. The van der Waals surface area contributed by atoms with E-state index in [9.17, 15) is 4.39 Å². The van der Waals surface area contributed by atoms with Gasteiger partial charge in [-0.3, -0.25) is 4.99 Å². The first-order valence-electron chi connectivity index (χ1n) is 7.38. The minimum atomic E-state index is -0.571. The molecule has 4 nitrogen and oxygen atoms in total. The molecule has 3 fully saturated rings. The zero-order chi connectivity index (χ0) is 16.0. The first-order valence-corrected chi connectivity index (χ1v) is 8.17. The van der Waals surface area contributed by atoms with Gasteiger partial charge >= 0.3 is 0 Å². The van der Waals surface area contributed by atoms with E-state index in [1.807, 2.05) is 19.9 Å². The number of nitrogens with zero attached hydrogens (tertiary/aromatic N) is 1.